The summed E-state index contributed by atoms with van der Waals surface area (Å²) < 4.78 is 23.4. The summed E-state index contributed by atoms with van der Waals surface area (Å²) in [6.07, 6.45) is 19.0. The van der Waals surface area contributed by atoms with E-state index in [9.17, 15) is 5.11 Å². The second-order valence-corrected chi connectivity index (χ2v) is 12.1. The Labute approximate surface area is 224 Å². The summed E-state index contributed by atoms with van der Waals surface area (Å²) in [6.45, 7) is 9.72. The predicted molar refractivity (Wildman–Crippen MR) is 150 cm³/mol. The number of hydrogen-bond donors (Lipinski definition) is 2. The van der Waals surface area contributed by atoms with Gasteiger partial charge in [0.1, 0.15) is 6.21 Å². The van der Waals surface area contributed by atoms with Gasteiger partial charge in [0.25, 0.3) is 0 Å². The summed E-state index contributed by atoms with van der Waals surface area (Å²) in [5.74, 6) is 1.71. The summed E-state index contributed by atoms with van der Waals surface area (Å²) in [4.78, 5) is 0. The highest BCUT2D eigenvalue weighted by Gasteiger charge is 2.66. The zero-order valence-corrected chi connectivity index (χ0v) is 23.5. The van der Waals surface area contributed by atoms with Crippen LogP contribution < -0.4 is 5.73 Å². The Kier molecular flexibility index (Phi) is 9.99. The summed E-state index contributed by atoms with van der Waals surface area (Å²) >= 11 is 0. The number of fused-ring (bicyclic) bond motifs is 1. The van der Waals surface area contributed by atoms with Crippen LogP contribution in [0.5, 0.6) is 0 Å². The molecule has 0 aromatic carbocycles. The van der Waals surface area contributed by atoms with Gasteiger partial charge in [-0.05, 0) is 81.8 Å². The van der Waals surface area contributed by atoms with Crippen LogP contribution >= 0.6 is 0 Å². The van der Waals surface area contributed by atoms with Crippen LogP contribution in [0.15, 0.2) is 46.9 Å². The molecule has 8 unspecified atom stereocenters. The zero-order chi connectivity index (χ0) is 26.5. The Morgan fingerprint density at radius 3 is 2.84 bits per heavy atom. The molecule has 2 fully saturated rings. The zero-order valence-electron chi connectivity index (χ0n) is 23.5. The van der Waals surface area contributed by atoms with Crippen molar-refractivity contribution in [3.63, 3.8) is 0 Å². The average Bonchev–Trinajstić information content (AvgIpc) is 3.03. The molecule has 5 heteroatoms. The van der Waals surface area contributed by atoms with Crippen molar-refractivity contribution in [2.45, 2.75) is 110 Å². The van der Waals surface area contributed by atoms with Gasteiger partial charge in [-0.2, -0.15) is 0 Å². The highest BCUT2D eigenvalue weighted by atomic mass is 19.1. The fourth-order valence-electron chi connectivity index (χ4n) is 7.19. The number of hydrogen-bond acceptors (Lipinski definition) is 3. The largest absolute Gasteiger partial charge is 0.393 e. The molecule has 0 radical (unpaired) electrons. The molecule has 0 amide bonds. The molecule has 2 saturated carbocycles. The van der Waals surface area contributed by atoms with Crippen molar-refractivity contribution in [3.05, 3.63) is 46.9 Å². The lowest BCUT2D eigenvalue weighted by Crippen LogP contribution is -2.67. The Balaban J connectivity index is 1.34. The smallest absolute Gasteiger partial charge is 0.203 e. The molecule has 8 atom stereocenters. The molecule has 4 nitrogen and oxygen atoms in total. The maximum absolute atomic E-state index is 15.2. The van der Waals surface area contributed by atoms with Gasteiger partial charge in [0.2, 0.25) is 6.04 Å². The molecule has 206 valence electrons. The molecule has 0 spiro atoms. The first-order chi connectivity index (χ1) is 17.8. The van der Waals surface area contributed by atoms with E-state index in [2.05, 4.69) is 49.8 Å². The second-order valence-electron chi connectivity index (χ2n) is 12.1. The standard InChI is InChI=1S/C32H50FN2O2/c1-5-29(36)31-26-18-24(11-8-12-25(34)20-37-19-23-10-7-9-22(4)17-23)30(26)32(31)35(6-2)28-16-14-21(3)13-15-27(28)33/h6,9,11,15,17,21,25-26,28-32,36H,5,7-8,10,12-14,16,18-20,34H2,1-4H3/q+1. The minimum atomic E-state index is -0.323. The lowest BCUT2D eigenvalue weighted by atomic mass is 9.45. The van der Waals surface area contributed by atoms with Crippen LogP contribution in [0.3, 0.4) is 0 Å². The van der Waals surface area contributed by atoms with Crippen LogP contribution in [0.25, 0.3) is 0 Å². The molecule has 0 bridgehead atoms. The van der Waals surface area contributed by atoms with Crippen molar-refractivity contribution >= 4 is 6.21 Å². The van der Waals surface area contributed by atoms with Crippen LogP contribution in [0.2, 0.25) is 0 Å². The van der Waals surface area contributed by atoms with E-state index in [1.165, 1.54) is 16.7 Å². The highest BCUT2D eigenvalue weighted by Crippen LogP contribution is 2.60. The Morgan fingerprint density at radius 2 is 2.11 bits per heavy atom. The van der Waals surface area contributed by atoms with Gasteiger partial charge in [0.15, 0.2) is 11.9 Å². The molecule has 37 heavy (non-hydrogen) atoms. The number of allylic oxidation sites excluding steroid dienone is 5. The van der Waals surface area contributed by atoms with Gasteiger partial charge in [0.05, 0.1) is 25.2 Å². The fourth-order valence-corrected chi connectivity index (χ4v) is 7.19. The van der Waals surface area contributed by atoms with Gasteiger partial charge >= 0.3 is 0 Å². The third kappa shape index (κ3) is 6.54. The third-order valence-electron chi connectivity index (χ3n) is 9.38. The SMILES string of the molecule is CC=[N+](C1CCC(C)CC=C1F)C1C2C(=CCCC(N)COCC3=CC(C)=CCC3)CC2C1C(O)CC. The van der Waals surface area contributed by atoms with Crippen molar-refractivity contribution in [2.24, 2.45) is 29.4 Å². The van der Waals surface area contributed by atoms with E-state index in [0.29, 0.717) is 31.0 Å². The maximum atomic E-state index is 15.2. The lowest BCUT2D eigenvalue weighted by Gasteiger charge is -2.59. The number of ether oxygens (including phenoxy) is 1. The molecule has 0 heterocycles. The number of aliphatic hydroxyl groups excluding tert-OH is 1. The Morgan fingerprint density at radius 1 is 1.30 bits per heavy atom. The van der Waals surface area contributed by atoms with Gasteiger partial charge in [0, 0.05) is 25.3 Å². The molecule has 0 aromatic rings. The number of halogens is 1. The van der Waals surface area contributed by atoms with E-state index >= 15 is 4.39 Å². The quantitative estimate of drug-likeness (QED) is 0.195. The summed E-state index contributed by atoms with van der Waals surface area (Å²) in [5, 5.41) is 10.9. The van der Waals surface area contributed by atoms with Crippen LogP contribution in [0.4, 0.5) is 4.39 Å². The summed E-state index contributed by atoms with van der Waals surface area (Å²) in [5.41, 5.74) is 10.5. The predicted octanol–water partition coefficient (Wildman–Crippen LogP) is 6.25. The first-order valence-corrected chi connectivity index (χ1v) is 14.8. The normalized spacial score (nSPS) is 34.8. The molecule has 4 rings (SSSR count). The lowest BCUT2D eigenvalue weighted by molar-refractivity contribution is -0.632. The average molecular weight is 514 g/mol. The van der Waals surface area contributed by atoms with Gasteiger partial charge in [-0.25, -0.2) is 8.97 Å². The van der Waals surface area contributed by atoms with E-state index in [-0.39, 0.29) is 36.0 Å². The van der Waals surface area contributed by atoms with Crippen molar-refractivity contribution in [1.29, 1.82) is 0 Å². The topological polar surface area (TPSA) is 58.5 Å². The summed E-state index contributed by atoms with van der Waals surface area (Å²) in [6, 6.07) is 0.0207. The van der Waals surface area contributed by atoms with Crippen LogP contribution in [-0.4, -0.2) is 53.3 Å². The van der Waals surface area contributed by atoms with Crippen molar-refractivity contribution in [3.8, 4) is 0 Å². The van der Waals surface area contributed by atoms with Crippen LogP contribution in [-0.2, 0) is 4.74 Å². The third-order valence-corrected chi connectivity index (χ3v) is 9.38. The van der Waals surface area contributed by atoms with Crippen LogP contribution in [0.1, 0.15) is 85.5 Å². The van der Waals surface area contributed by atoms with Gasteiger partial charge in [-0.1, -0.05) is 43.2 Å². The number of aliphatic hydroxyl groups is 1. The molecular weight excluding hydrogens is 463 g/mol. The van der Waals surface area contributed by atoms with Gasteiger partial charge < -0.3 is 15.6 Å². The maximum Gasteiger partial charge on any atom is 0.203 e. The van der Waals surface area contributed by atoms with E-state index in [1.54, 1.807) is 0 Å². The fraction of sp³-hybridized carbons (Fsp3) is 0.719. The van der Waals surface area contributed by atoms with E-state index in [0.717, 1.165) is 57.8 Å². The molecule has 0 saturated heterocycles. The molecule has 0 aliphatic heterocycles. The number of nitrogens with zero attached hydrogens (tertiary/aromatic N) is 1. The first-order valence-electron chi connectivity index (χ1n) is 14.8. The number of rotatable bonds is 11. The van der Waals surface area contributed by atoms with E-state index in [1.807, 2.05) is 13.0 Å². The molecule has 3 N–H and O–H groups in total. The highest BCUT2D eigenvalue weighted by molar-refractivity contribution is 5.48. The van der Waals surface area contributed by atoms with Crippen molar-refractivity contribution in [1.82, 2.24) is 0 Å². The summed E-state index contributed by atoms with van der Waals surface area (Å²) in [7, 11) is 0. The molecule has 4 aliphatic carbocycles. The Hall–Kier alpha value is -1.56. The minimum Gasteiger partial charge on any atom is -0.393 e. The van der Waals surface area contributed by atoms with E-state index < -0.39 is 0 Å². The van der Waals surface area contributed by atoms with Crippen LogP contribution in [0, 0.1) is 23.7 Å². The van der Waals surface area contributed by atoms with Crippen molar-refractivity contribution < 1.29 is 18.8 Å². The molecular formula is C32H50FN2O2+. The molecule has 4 aliphatic rings. The van der Waals surface area contributed by atoms with Gasteiger partial charge in [-0.15, -0.1) is 0 Å². The van der Waals surface area contributed by atoms with E-state index in [4.69, 9.17) is 10.5 Å². The first kappa shape index (κ1) is 28.4. The van der Waals surface area contributed by atoms with Gasteiger partial charge in [-0.3, -0.25) is 0 Å². The monoisotopic (exact) mass is 513 g/mol. The molecule has 0 aromatic heterocycles. The second kappa shape index (κ2) is 13.0. The minimum absolute atomic E-state index is 0.0154. The number of nitrogens with two attached hydrogens (primary N) is 1. The van der Waals surface area contributed by atoms with Crippen molar-refractivity contribution in [2.75, 3.05) is 13.2 Å². The Bertz CT molecular complexity index is 948.